The fourth-order valence-corrected chi connectivity index (χ4v) is 5.25. The molecule has 0 aliphatic carbocycles. The van der Waals surface area contributed by atoms with E-state index in [1.54, 1.807) is 12.1 Å². The molecule has 240 valence electrons. The van der Waals surface area contributed by atoms with Crippen LogP contribution in [0.5, 0.6) is 11.5 Å². The Kier molecular flexibility index (Phi) is 10.9. The fourth-order valence-electron chi connectivity index (χ4n) is 5.25. The SMILES string of the molecule is O=C(O)[C@@H](Cc1ccccc1)N=Cc1c(O)ccc2ccccc12.O=C(O)[C@@H](Cc1ccccc1)N=Cc1c(O)ccc2ccccc12. The summed E-state index contributed by atoms with van der Waals surface area (Å²) in [5.41, 5.74) is 2.88. The van der Waals surface area contributed by atoms with Crippen molar-refractivity contribution in [3.63, 3.8) is 0 Å². The maximum absolute atomic E-state index is 11.5. The molecule has 0 fully saturated rings. The number of hydrogen-bond donors (Lipinski definition) is 4. The normalized spacial score (nSPS) is 12.5. The van der Waals surface area contributed by atoms with Crippen LogP contribution in [-0.2, 0) is 22.4 Å². The lowest BCUT2D eigenvalue weighted by Gasteiger charge is -2.09. The van der Waals surface area contributed by atoms with E-state index in [9.17, 15) is 30.0 Å². The molecule has 6 aromatic carbocycles. The molecule has 0 heterocycles. The lowest BCUT2D eigenvalue weighted by Crippen LogP contribution is -2.20. The summed E-state index contributed by atoms with van der Waals surface area (Å²) in [7, 11) is 0. The third kappa shape index (κ3) is 8.50. The highest BCUT2D eigenvalue weighted by Crippen LogP contribution is 2.27. The quantitative estimate of drug-likeness (QED) is 0.116. The number of hydrogen-bond acceptors (Lipinski definition) is 6. The monoisotopic (exact) mass is 638 g/mol. The zero-order chi connectivity index (χ0) is 33.9. The minimum absolute atomic E-state index is 0.0845. The summed E-state index contributed by atoms with van der Waals surface area (Å²) in [4.78, 5) is 31.4. The Bertz CT molecular complexity index is 1930. The standard InChI is InChI=1S/2C20H17NO3/c2*22-19-11-10-15-8-4-5-9-16(15)17(19)13-21-18(20(23)24)12-14-6-2-1-3-7-14/h2*1-11,13,18,22H,12H2,(H,23,24)/t2*18-/m11/s1. The van der Waals surface area contributed by atoms with Crippen molar-refractivity contribution in [1.82, 2.24) is 0 Å². The van der Waals surface area contributed by atoms with Crippen LogP contribution < -0.4 is 0 Å². The number of fused-ring (bicyclic) bond motifs is 2. The van der Waals surface area contributed by atoms with Crippen LogP contribution in [-0.4, -0.2) is 56.9 Å². The summed E-state index contributed by atoms with van der Waals surface area (Å²) < 4.78 is 0. The van der Waals surface area contributed by atoms with Crippen molar-refractivity contribution >= 4 is 45.9 Å². The number of rotatable bonds is 10. The van der Waals surface area contributed by atoms with Crippen LogP contribution >= 0.6 is 0 Å². The lowest BCUT2D eigenvalue weighted by atomic mass is 10.0. The van der Waals surface area contributed by atoms with E-state index in [0.717, 1.165) is 32.7 Å². The number of aliphatic imine (C=N–C) groups is 2. The predicted octanol–water partition coefficient (Wildman–Crippen LogP) is 7.32. The first-order valence-corrected chi connectivity index (χ1v) is 15.3. The highest BCUT2D eigenvalue weighted by atomic mass is 16.4. The maximum atomic E-state index is 11.5. The minimum Gasteiger partial charge on any atom is -0.507 e. The molecule has 0 aliphatic heterocycles. The highest BCUT2D eigenvalue weighted by molar-refractivity contribution is 6.03. The molecule has 0 bridgehead atoms. The molecule has 0 amide bonds. The first-order valence-electron chi connectivity index (χ1n) is 15.3. The van der Waals surface area contributed by atoms with Gasteiger partial charge in [0.1, 0.15) is 11.5 Å². The number of carbonyl (C=O) groups is 2. The molecule has 2 atom stereocenters. The predicted molar refractivity (Wildman–Crippen MR) is 190 cm³/mol. The van der Waals surface area contributed by atoms with Crippen LogP contribution in [0.15, 0.2) is 143 Å². The summed E-state index contributed by atoms with van der Waals surface area (Å²) in [6.45, 7) is 0. The summed E-state index contributed by atoms with van der Waals surface area (Å²) in [5.74, 6) is -1.81. The van der Waals surface area contributed by atoms with E-state index in [0.29, 0.717) is 24.0 Å². The van der Waals surface area contributed by atoms with Crippen LogP contribution in [0.3, 0.4) is 0 Å². The van der Waals surface area contributed by atoms with Crippen molar-refractivity contribution in [2.45, 2.75) is 24.9 Å². The van der Waals surface area contributed by atoms with E-state index in [4.69, 9.17) is 0 Å². The molecular formula is C40H34N2O6. The van der Waals surface area contributed by atoms with Gasteiger partial charge < -0.3 is 20.4 Å². The first kappa shape index (κ1) is 33.1. The molecule has 0 aromatic heterocycles. The van der Waals surface area contributed by atoms with Crippen molar-refractivity contribution in [2.75, 3.05) is 0 Å². The Morgan fingerprint density at radius 2 is 0.854 bits per heavy atom. The molecule has 8 nitrogen and oxygen atoms in total. The number of carboxylic acid groups (broad SMARTS) is 2. The Morgan fingerprint density at radius 1 is 0.500 bits per heavy atom. The first-order chi connectivity index (χ1) is 23.3. The molecule has 0 unspecified atom stereocenters. The van der Waals surface area contributed by atoms with Gasteiger partial charge in [-0.05, 0) is 44.8 Å². The van der Waals surface area contributed by atoms with Crippen molar-refractivity contribution in [3.8, 4) is 11.5 Å². The number of carboxylic acids is 2. The number of benzene rings is 6. The molecule has 0 radical (unpaired) electrons. The van der Waals surface area contributed by atoms with Gasteiger partial charge in [0, 0.05) is 36.4 Å². The molecular weight excluding hydrogens is 604 g/mol. The molecule has 4 N–H and O–H groups in total. The molecule has 6 rings (SSSR count). The van der Waals surface area contributed by atoms with Gasteiger partial charge in [0.25, 0.3) is 0 Å². The smallest absolute Gasteiger partial charge is 0.328 e. The Hall–Kier alpha value is -6.28. The van der Waals surface area contributed by atoms with E-state index < -0.39 is 24.0 Å². The topological polar surface area (TPSA) is 140 Å². The van der Waals surface area contributed by atoms with Crippen LogP contribution in [0.4, 0.5) is 0 Å². The van der Waals surface area contributed by atoms with Gasteiger partial charge >= 0.3 is 11.9 Å². The average molecular weight is 639 g/mol. The van der Waals surface area contributed by atoms with Gasteiger partial charge in [0.2, 0.25) is 0 Å². The van der Waals surface area contributed by atoms with E-state index in [-0.39, 0.29) is 11.5 Å². The van der Waals surface area contributed by atoms with E-state index >= 15 is 0 Å². The zero-order valence-corrected chi connectivity index (χ0v) is 25.9. The second kappa shape index (κ2) is 15.8. The molecule has 0 saturated heterocycles. The number of aromatic hydroxyl groups is 2. The number of nitrogens with zero attached hydrogens (tertiary/aromatic N) is 2. The minimum atomic E-state index is -0.991. The third-order valence-electron chi connectivity index (χ3n) is 7.78. The van der Waals surface area contributed by atoms with Gasteiger partial charge in [-0.3, -0.25) is 9.98 Å². The Morgan fingerprint density at radius 3 is 1.23 bits per heavy atom. The fraction of sp³-hybridized carbons (Fsp3) is 0.100. The summed E-state index contributed by atoms with van der Waals surface area (Å²) in [6, 6.07) is 39.0. The van der Waals surface area contributed by atoms with Crippen molar-refractivity contribution in [3.05, 3.63) is 156 Å². The highest BCUT2D eigenvalue weighted by Gasteiger charge is 2.18. The van der Waals surface area contributed by atoms with Gasteiger partial charge in [-0.2, -0.15) is 0 Å². The largest absolute Gasteiger partial charge is 0.507 e. The van der Waals surface area contributed by atoms with Gasteiger partial charge in [-0.15, -0.1) is 0 Å². The second-order valence-corrected chi connectivity index (χ2v) is 11.1. The summed E-state index contributed by atoms with van der Waals surface area (Å²) in [6.07, 6.45) is 3.52. The van der Waals surface area contributed by atoms with Gasteiger partial charge in [-0.25, -0.2) is 9.59 Å². The third-order valence-corrected chi connectivity index (χ3v) is 7.78. The summed E-state index contributed by atoms with van der Waals surface area (Å²) >= 11 is 0. The number of phenolic OH excluding ortho intramolecular Hbond substituents is 2. The van der Waals surface area contributed by atoms with Crippen LogP contribution in [0.25, 0.3) is 21.5 Å². The molecule has 8 heteroatoms. The van der Waals surface area contributed by atoms with Crippen molar-refractivity contribution in [2.24, 2.45) is 9.98 Å². The van der Waals surface area contributed by atoms with Crippen LogP contribution in [0.1, 0.15) is 22.3 Å². The van der Waals surface area contributed by atoms with Crippen molar-refractivity contribution in [1.29, 1.82) is 0 Å². The molecule has 6 aromatic rings. The number of aliphatic carboxylic acids is 2. The summed E-state index contributed by atoms with van der Waals surface area (Å²) in [5, 5.41) is 42.7. The zero-order valence-electron chi connectivity index (χ0n) is 25.9. The van der Waals surface area contributed by atoms with Crippen molar-refractivity contribution < 1.29 is 30.0 Å². The Labute approximate surface area is 277 Å². The number of phenols is 2. The van der Waals surface area contributed by atoms with Gasteiger partial charge in [0.15, 0.2) is 12.1 Å². The van der Waals surface area contributed by atoms with Gasteiger partial charge in [0.05, 0.1) is 0 Å². The lowest BCUT2D eigenvalue weighted by molar-refractivity contribution is -0.139. The van der Waals surface area contributed by atoms with E-state index in [1.165, 1.54) is 12.4 Å². The molecule has 0 saturated carbocycles. The van der Waals surface area contributed by atoms with E-state index in [2.05, 4.69) is 9.98 Å². The van der Waals surface area contributed by atoms with Crippen LogP contribution in [0, 0.1) is 0 Å². The Balaban J connectivity index is 0.000000188. The average Bonchev–Trinajstić information content (AvgIpc) is 3.10. The van der Waals surface area contributed by atoms with E-state index in [1.807, 2.05) is 121 Å². The van der Waals surface area contributed by atoms with Crippen LogP contribution in [0.2, 0.25) is 0 Å². The molecule has 48 heavy (non-hydrogen) atoms. The second-order valence-electron chi connectivity index (χ2n) is 11.1. The van der Waals surface area contributed by atoms with Gasteiger partial charge in [-0.1, -0.05) is 121 Å². The molecule has 0 aliphatic rings. The molecule has 0 spiro atoms. The maximum Gasteiger partial charge on any atom is 0.328 e.